The Morgan fingerprint density at radius 1 is 1.15 bits per heavy atom. The van der Waals surface area contributed by atoms with E-state index in [-0.39, 0.29) is 24.2 Å². The Morgan fingerprint density at radius 3 is 2.50 bits per heavy atom. The molecule has 1 aromatic rings. The number of rotatable bonds is 5. The Bertz CT molecular complexity index is 602. The van der Waals surface area contributed by atoms with E-state index in [0.29, 0.717) is 19.1 Å². The molecule has 2 amide bonds. The molecule has 3 rings (SSSR count). The van der Waals surface area contributed by atoms with Gasteiger partial charge in [-0.3, -0.25) is 14.5 Å². The van der Waals surface area contributed by atoms with Crippen LogP contribution in [-0.4, -0.2) is 66.9 Å². The summed E-state index contributed by atoms with van der Waals surface area (Å²) in [6, 6.07) is 7.96. The number of halogens is 1. The number of nitrogens with one attached hydrogen (secondary N) is 2. The predicted molar refractivity (Wildman–Crippen MR) is 105 cm³/mol. The summed E-state index contributed by atoms with van der Waals surface area (Å²) in [6.45, 7) is 7.56. The van der Waals surface area contributed by atoms with Gasteiger partial charge in [-0.15, -0.1) is 12.4 Å². The summed E-state index contributed by atoms with van der Waals surface area (Å²) < 4.78 is 0. The predicted octanol–water partition coefficient (Wildman–Crippen LogP) is 1.25. The fourth-order valence-corrected chi connectivity index (χ4v) is 3.43. The van der Waals surface area contributed by atoms with Gasteiger partial charge in [0, 0.05) is 50.9 Å². The van der Waals surface area contributed by atoms with Crippen LogP contribution in [0.3, 0.4) is 0 Å². The van der Waals surface area contributed by atoms with E-state index in [1.54, 1.807) is 0 Å². The third-order valence-electron chi connectivity index (χ3n) is 5.07. The molecule has 26 heavy (non-hydrogen) atoms. The highest BCUT2D eigenvalue weighted by Gasteiger charge is 2.20. The molecule has 1 atom stereocenters. The lowest BCUT2D eigenvalue weighted by atomic mass is 10.1. The minimum absolute atomic E-state index is 0. The maximum absolute atomic E-state index is 12.3. The van der Waals surface area contributed by atoms with E-state index in [1.165, 1.54) is 0 Å². The molecule has 1 aromatic carbocycles. The van der Waals surface area contributed by atoms with Crippen LogP contribution in [0, 0.1) is 0 Å². The van der Waals surface area contributed by atoms with Gasteiger partial charge in [-0.2, -0.15) is 0 Å². The molecule has 144 valence electrons. The van der Waals surface area contributed by atoms with Gasteiger partial charge in [-0.1, -0.05) is 12.1 Å². The first kappa shape index (κ1) is 20.7. The van der Waals surface area contributed by atoms with Gasteiger partial charge < -0.3 is 15.5 Å². The van der Waals surface area contributed by atoms with Gasteiger partial charge in [-0.05, 0) is 37.5 Å². The second-order valence-corrected chi connectivity index (χ2v) is 7.00. The van der Waals surface area contributed by atoms with Crippen molar-refractivity contribution in [1.82, 2.24) is 20.4 Å². The largest absolute Gasteiger partial charge is 0.351 e. The molecule has 2 aliphatic heterocycles. The van der Waals surface area contributed by atoms with Crippen LogP contribution in [0.5, 0.6) is 0 Å². The number of amides is 2. The number of carbonyl (C=O) groups excluding carboxylic acids is 2. The molecule has 0 radical (unpaired) electrons. The molecule has 0 aliphatic carbocycles. The lowest BCUT2D eigenvalue weighted by molar-refractivity contribution is -0.123. The minimum atomic E-state index is 0. The molecule has 0 unspecified atom stereocenters. The van der Waals surface area contributed by atoms with E-state index in [4.69, 9.17) is 0 Å². The fraction of sp³-hybridized carbons (Fsp3) is 0.579. The van der Waals surface area contributed by atoms with Crippen LogP contribution < -0.4 is 10.6 Å². The molecule has 6 nitrogen and oxygen atoms in total. The Hall–Kier alpha value is -1.63. The standard InChI is InChI=1S/C19H28N4O2.ClH/c1-15-12-20-8-11-23(15)14-18(24)21-13-16-4-6-17(7-5-16)19(25)22-9-2-3-10-22;/h4-7,15,20H,2-3,8-14H2,1H3,(H,21,24);1H/t15-;/m0./s1. The smallest absolute Gasteiger partial charge is 0.253 e. The van der Waals surface area contributed by atoms with E-state index in [2.05, 4.69) is 22.5 Å². The van der Waals surface area contributed by atoms with Crippen molar-refractivity contribution in [2.75, 3.05) is 39.3 Å². The molecule has 2 N–H and O–H groups in total. The van der Waals surface area contributed by atoms with Crippen molar-refractivity contribution in [2.45, 2.75) is 32.4 Å². The minimum Gasteiger partial charge on any atom is -0.351 e. The van der Waals surface area contributed by atoms with Crippen LogP contribution in [0.2, 0.25) is 0 Å². The summed E-state index contributed by atoms with van der Waals surface area (Å²) >= 11 is 0. The maximum Gasteiger partial charge on any atom is 0.253 e. The van der Waals surface area contributed by atoms with Crippen LogP contribution in [0.1, 0.15) is 35.7 Å². The highest BCUT2D eigenvalue weighted by Crippen LogP contribution is 2.13. The monoisotopic (exact) mass is 380 g/mol. The van der Waals surface area contributed by atoms with Crippen LogP contribution in [0.25, 0.3) is 0 Å². The lowest BCUT2D eigenvalue weighted by Gasteiger charge is -2.33. The number of piperazine rings is 1. The van der Waals surface area contributed by atoms with Gasteiger partial charge in [0.15, 0.2) is 0 Å². The molecule has 2 saturated heterocycles. The number of carbonyl (C=O) groups is 2. The zero-order valence-corrected chi connectivity index (χ0v) is 16.2. The van der Waals surface area contributed by atoms with Crippen LogP contribution in [-0.2, 0) is 11.3 Å². The lowest BCUT2D eigenvalue weighted by Crippen LogP contribution is -2.52. The van der Waals surface area contributed by atoms with Crippen molar-refractivity contribution in [3.05, 3.63) is 35.4 Å². The van der Waals surface area contributed by atoms with Crippen molar-refractivity contribution in [3.63, 3.8) is 0 Å². The third-order valence-corrected chi connectivity index (χ3v) is 5.07. The number of hydrogen-bond acceptors (Lipinski definition) is 4. The van der Waals surface area contributed by atoms with E-state index >= 15 is 0 Å². The normalized spacial score (nSPS) is 20.5. The second-order valence-electron chi connectivity index (χ2n) is 7.00. The average Bonchev–Trinajstić information content (AvgIpc) is 3.16. The Balaban J connectivity index is 0.00000243. The van der Waals surface area contributed by atoms with Crippen molar-refractivity contribution in [3.8, 4) is 0 Å². The number of nitrogens with zero attached hydrogens (tertiary/aromatic N) is 2. The topological polar surface area (TPSA) is 64.7 Å². The maximum atomic E-state index is 12.3. The molecular weight excluding hydrogens is 352 g/mol. The molecule has 0 saturated carbocycles. The van der Waals surface area contributed by atoms with Crippen LogP contribution >= 0.6 is 12.4 Å². The number of benzene rings is 1. The summed E-state index contributed by atoms with van der Waals surface area (Å²) in [5.74, 6) is 0.159. The summed E-state index contributed by atoms with van der Waals surface area (Å²) in [5, 5.41) is 6.30. The second kappa shape index (κ2) is 9.90. The molecule has 2 aliphatic rings. The van der Waals surface area contributed by atoms with E-state index in [1.807, 2.05) is 29.2 Å². The quantitative estimate of drug-likeness (QED) is 0.807. The third kappa shape index (κ3) is 5.43. The molecular formula is C19H29ClN4O2. The molecule has 2 fully saturated rings. The van der Waals surface area contributed by atoms with Crippen molar-refractivity contribution in [2.24, 2.45) is 0 Å². The first-order valence-corrected chi connectivity index (χ1v) is 9.23. The van der Waals surface area contributed by atoms with Crippen LogP contribution in [0.4, 0.5) is 0 Å². The first-order valence-electron chi connectivity index (χ1n) is 9.23. The van der Waals surface area contributed by atoms with Crippen molar-refractivity contribution in [1.29, 1.82) is 0 Å². The Morgan fingerprint density at radius 2 is 1.85 bits per heavy atom. The zero-order chi connectivity index (χ0) is 17.6. The summed E-state index contributed by atoms with van der Waals surface area (Å²) in [4.78, 5) is 28.6. The summed E-state index contributed by atoms with van der Waals surface area (Å²) in [6.07, 6.45) is 2.20. The fourth-order valence-electron chi connectivity index (χ4n) is 3.43. The average molecular weight is 381 g/mol. The summed E-state index contributed by atoms with van der Waals surface area (Å²) in [7, 11) is 0. The van der Waals surface area contributed by atoms with Gasteiger partial charge >= 0.3 is 0 Å². The van der Waals surface area contributed by atoms with Gasteiger partial charge in [0.1, 0.15) is 0 Å². The number of likely N-dealkylation sites (tertiary alicyclic amines) is 1. The Labute approximate surface area is 161 Å². The Kier molecular flexibility index (Phi) is 7.87. The molecule has 2 heterocycles. The molecule has 0 bridgehead atoms. The molecule has 7 heteroatoms. The SMILES string of the molecule is C[C@H]1CNCCN1CC(=O)NCc1ccc(C(=O)N2CCCC2)cc1.Cl. The van der Waals surface area contributed by atoms with E-state index in [9.17, 15) is 9.59 Å². The molecule has 0 spiro atoms. The van der Waals surface area contributed by atoms with Crippen molar-refractivity contribution >= 4 is 24.2 Å². The van der Waals surface area contributed by atoms with Gasteiger partial charge in [0.25, 0.3) is 5.91 Å². The highest BCUT2D eigenvalue weighted by atomic mass is 35.5. The van der Waals surface area contributed by atoms with E-state index in [0.717, 1.165) is 56.7 Å². The van der Waals surface area contributed by atoms with Gasteiger partial charge in [-0.25, -0.2) is 0 Å². The highest BCUT2D eigenvalue weighted by molar-refractivity contribution is 5.94. The summed E-state index contributed by atoms with van der Waals surface area (Å²) in [5.41, 5.74) is 1.74. The van der Waals surface area contributed by atoms with E-state index < -0.39 is 0 Å². The van der Waals surface area contributed by atoms with Crippen molar-refractivity contribution < 1.29 is 9.59 Å². The van der Waals surface area contributed by atoms with Crippen LogP contribution in [0.15, 0.2) is 24.3 Å². The molecule has 0 aromatic heterocycles. The number of hydrogen-bond donors (Lipinski definition) is 2. The van der Waals surface area contributed by atoms with Gasteiger partial charge in [0.2, 0.25) is 5.91 Å². The van der Waals surface area contributed by atoms with Gasteiger partial charge in [0.05, 0.1) is 6.54 Å². The first-order chi connectivity index (χ1) is 12.1. The zero-order valence-electron chi connectivity index (χ0n) is 15.4.